The third-order valence-electron chi connectivity index (χ3n) is 2.46. The summed E-state index contributed by atoms with van der Waals surface area (Å²) in [5.41, 5.74) is -0.244. The highest BCUT2D eigenvalue weighted by atomic mass is 32.2. The van der Waals surface area contributed by atoms with Crippen LogP contribution < -0.4 is 9.44 Å². The SMILES string of the molecule is O=C(O)CNS(=O)(=O)NCc1nc(-c2cc(F)ccc2F)no1. The summed E-state index contributed by atoms with van der Waals surface area (Å²) in [5.74, 6) is -3.31. The van der Waals surface area contributed by atoms with Crippen molar-refractivity contribution in [2.24, 2.45) is 0 Å². The molecule has 0 aliphatic heterocycles. The Balaban J connectivity index is 2.05. The Hall–Kier alpha value is -2.44. The zero-order valence-corrected chi connectivity index (χ0v) is 12.1. The van der Waals surface area contributed by atoms with Crippen LogP contribution >= 0.6 is 0 Å². The van der Waals surface area contributed by atoms with Crippen LogP contribution in [0.25, 0.3) is 11.4 Å². The first-order valence-electron chi connectivity index (χ1n) is 6.01. The summed E-state index contributed by atoms with van der Waals surface area (Å²) >= 11 is 0. The Morgan fingerprint density at radius 1 is 1.30 bits per heavy atom. The summed E-state index contributed by atoms with van der Waals surface area (Å²) in [6.07, 6.45) is 0. The fourth-order valence-electron chi connectivity index (χ4n) is 1.47. The van der Waals surface area contributed by atoms with E-state index in [1.54, 1.807) is 4.72 Å². The molecule has 0 fully saturated rings. The quantitative estimate of drug-likeness (QED) is 0.642. The first-order chi connectivity index (χ1) is 10.8. The van der Waals surface area contributed by atoms with Gasteiger partial charge in [-0.2, -0.15) is 22.8 Å². The number of hydrogen-bond donors (Lipinski definition) is 3. The van der Waals surface area contributed by atoms with Gasteiger partial charge in [0.25, 0.3) is 10.2 Å². The lowest BCUT2D eigenvalue weighted by Gasteiger charge is -2.03. The highest BCUT2D eigenvalue weighted by molar-refractivity contribution is 7.87. The van der Waals surface area contributed by atoms with Gasteiger partial charge in [0, 0.05) is 0 Å². The summed E-state index contributed by atoms with van der Waals surface area (Å²) in [5, 5.41) is 11.8. The number of hydrogen-bond acceptors (Lipinski definition) is 6. The second-order valence-electron chi connectivity index (χ2n) is 4.18. The molecule has 0 aliphatic carbocycles. The molecule has 0 unspecified atom stereocenters. The van der Waals surface area contributed by atoms with E-state index in [0.29, 0.717) is 0 Å². The van der Waals surface area contributed by atoms with Crippen molar-refractivity contribution in [1.82, 2.24) is 19.6 Å². The highest BCUT2D eigenvalue weighted by Crippen LogP contribution is 2.20. The lowest BCUT2D eigenvalue weighted by Crippen LogP contribution is -2.38. The van der Waals surface area contributed by atoms with Gasteiger partial charge in [-0.3, -0.25) is 4.79 Å². The number of carbonyl (C=O) groups is 1. The van der Waals surface area contributed by atoms with Gasteiger partial charge in [0.1, 0.15) is 18.2 Å². The van der Waals surface area contributed by atoms with E-state index in [-0.39, 0.29) is 17.3 Å². The van der Waals surface area contributed by atoms with Gasteiger partial charge in [-0.25, -0.2) is 8.78 Å². The molecule has 124 valence electrons. The van der Waals surface area contributed by atoms with Gasteiger partial charge in [-0.05, 0) is 18.2 Å². The molecule has 0 aliphatic rings. The molecule has 2 rings (SSSR count). The van der Waals surface area contributed by atoms with Gasteiger partial charge < -0.3 is 9.63 Å². The molecule has 12 heteroatoms. The predicted octanol–water partition coefficient (Wildman–Crippen LogP) is 0.0234. The van der Waals surface area contributed by atoms with Crippen LogP contribution in [0.2, 0.25) is 0 Å². The van der Waals surface area contributed by atoms with Crippen molar-refractivity contribution in [1.29, 1.82) is 0 Å². The normalized spacial score (nSPS) is 11.6. The van der Waals surface area contributed by atoms with Gasteiger partial charge in [-0.15, -0.1) is 0 Å². The number of halogens is 2. The van der Waals surface area contributed by atoms with Crippen molar-refractivity contribution < 1.29 is 31.6 Å². The van der Waals surface area contributed by atoms with Gasteiger partial charge in [0.15, 0.2) is 0 Å². The Kier molecular flexibility index (Phi) is 4.98. The molecule has 0 spiro atoms. The molecular formula is C11H10F2N4O5S. The molecule has 9 nitrogen and oxygen atoms in total. The number of benzene rings is 1. The summed E-state index contributed by atoms with van der Waals surface area (Å²) < 4.78 is 57.9. The average Bonchev–Trinajstić information content (AvgIpc) is 2.95. The minimum absolute atomic E-state index is 0.218. The molecule has 0 amide bonds. The van der Waals surface area contributed by atoms with E-state index in [1.807, 2.05) is 4.72 Å². The number of aromatic nitrogens is 2. The van der Waals surface area contributed by atoms with Crippen molar-refractivity contribution in [3.8, 4) is 11.4 Å². The first-order valence-corrected chi connectivity index (χ1v) is 7.49. The van der Waals surface area contributed by atoms with Crippen LogP contribution in [0.3, 0.4) is 0 Å². The average molecular weight is 348 g/mol. The third-order valence-corrected chi connectivity index (χ3v) is 3.51. The second kappa shape index (κ2) is 6.76. The number of carboxylic acids is 1. The lowest BCUT2D eigenvalue weighted by molar-refractivity contribution is -0.135. The van der Waals surface area contributed by atoms with Gasteiger partial charge in [0.05, 0.1) is 12.1 Å². The number of nitrogens with zero attached hydrogens (tertiary/aromatic N) is 2. The van der Waals surface area contributed by atoms with Gasteiger partial charge in [-0.1, -0.05) is 5.16 Å². The Bertz CT molecular complexity index is 824. The zero-order valence-electron chi connectivity index (χ0n) is 11.3. The molecule has 2 aromatic rings. The van der Waals surface area contributed by atoms with E-state index in [9.17, 15) is 22.0 Å². The molecule has 1 aromatic carbocycles. The Labute approximate surface area is 128 Å². The molecular weight excluding hydrogens is 338 g/mol. The maximum atomic E-state index is 13.6. The van der Waals surface area contributed by atoms with E-state index >= 15 is 0 Å². The summed E-state index contributed by atoms with van der Waals surface area (Å²) in [6, 6.07) is 2.67. The maximum Gasteiger partial charge on any atom is 0.318 e. The number of rotatable bonds is 7. The molecule has 0 saturated carbocycles. The summed E-state index contributed by atoms with van der Waals surface area (Å²) in [4.78, 5) is 14.0. The van der Waals surface area contributed by atoms with Crippen LogP contribution in [0, 0.1) is 11.6 Å². The highest BCUT2D eigenvalue weighted by Gasteiger charge is 2.16. The number of carboxylic acid groups (broad SMARTS) is 1. The number of aliphatic carboxylic acids is 1. The van der Waals surface area contributed by atoms with Crippen LogP contribution in [-0.2, 0) is 21.5 Å². The van der Waals surface area contributed by atoms with E-state index in [4.69, 9.17) is 9.63 Å². The maximum absolute atomic E-state index is 13.6. The standard InChI is InChI=1S/C11H10F2N4O5S/c12-6-1-2-8(13)7(3-6)11-16-9(22-17-11)4-14-23(20,21)15-5-10(18)19/h1-3,14-15H,4-5H2,(H,18,19). The van der Waals surface area contributed by atoms with E-state index in [0.717, 1.165) is 18.2 Å². The van der Waals surface area contributed by atoms with Crippen molar-refractivity contribution >= 4 is 16.2 Å². The van der Waals surface area contributed by atoms with Crippen molar-refractivity contribution in [3.63, 3.8) is 0 Å². The van der Waals surface area contributed by atoms with Crippen LogP contribution in [-0.4, -0.2) is 36.2 Å². The minimum atomic E-state index is -4.09. The molecule has 3 N–H and O–H groups in total. The zero-order chi connectivity index (χ0) is 17.0. The van der Waals surface area contributed by atoms with Crippen molar-refractivity contribution in [2.75, 3.05) is 6.54 Å². The summed E-state index contributed by atoms with van der Waals surface area (Å²) in [6.45, 7) is -1.27. The molecule has 0 radical (unpaired) electrons. The molecule has 0 atom stereocenters. The smallest absolute Gasteiger partial charge is 0.318 e. The topological polar surface area (TPSA) is 134 Å². The van der Waals surface area contributed by atoms with E-state index < -0.39 is 40.9 Å². The largest absolute Gasteiger partial charge is 0.480 e. The minimum Gasteiger partial charge on any atom is -0.480 e. The number of nitrogens with one attached hydrogen (secondary N) is 2. The Morgan fingerprint density at radius 3 is 2.74 bits per heavy atom. The van der Waals surface area contributed by atoms with Crippen molar-refractivity contribution in [2.45, 2.75) is 6.54 Å². The monoisotopic (exact) mass is 348 g/mol. The van der Waals surface area contributed by atoms with Crippen LogP contribution in [0.15, 0.2) is 22.7 Å². The van der Waals surface area contributed by atoms with E-state index in [1.165, 1.54) is 0 Å². The predicted molar refractivity (Wildman–Crippen MR) is 71.0 cm³/mol. The fourth-order valence-corrected chi connectivity index (χ4v) is 2.20. The molecule has 0 saturated heterocycles. The molecule has 23 heavy (non-hydrogen) atoms. The third kappa shape index (κ3) is 4.77. The van der Waals surface area contributed by atoms with E-state index in [2.05, 4.69) is 10.1 Å². The van der Waals surface area contributed by atoms with Crippen LogP contribution in [0.1, 0.15) is 5.89 Å². The second-order valence-corrected chi connectivity index (χ2v) is 5.76. The molecule has 1 heterocycles. The summed E-state index contributed by atoms with van der Waals surface area (Å²) in [7, 11) is -4.09. The molecule has 0 bridgehead atoms. The van der Waals surface area contributed by atoms with Crippen LogP contribution in [0.5, 0.6) is 0 Å². The fraction of sp³-hybridized carbons (Fsp3) is 0.182. The Morgan fingerprint density at radius 2 is 2.04 bits per heavy atom. The molecule has 1 aromatic heterocycles. The lowest BCUT2D eigenvalue weighted by atomic mass is 10.2. The van der Waals surface area contributed by atoms with Gasteiger partial charge in [0.2, 0.25) is 11.7 Å². The van der Waals surface area contributed by atoms with Crippen molar-refractivity contribution in [3.05, 3.63) is 35.7 Å². The van der Waals surface area contributed by atoms with Crippen LogP contribution in [0.4, 0.5) is 8.78 Å². The first kappa shape index (κ1) is 16.9. The van der Waals surface area contributed by atoms with Gasteiger partial charge >= 0.3 is 5.97 Å².